The quantitative estimate of drug-likeness (QED) is 0.401. The van der Waals surface area contributed by atoms with Gasteiger partial charge in [0, 0.05) is 34.1 Å². The van der Waals surface area contributed by atoms with E-state index in [1.807, 2.05) is 60.0 Å². The van der Waals surface area contributed by atoms with Crippen LogP contribution in [-0.2, 0) is 6.54 Å². The van der Waals surface area contributed by atoms with Crippen LogP contribution in [0.25, 0.3) is 21.3 Å². The van der Waals surface area contributed by atoms with Crippen LogP contribution < -0.4 is 5.56 Å². The SMILES string of the molecule is CC(C)N(Cc1nc2scc(-c3ccccc3Cl)c2c(=O)[nH]1)CC(O)c1ccccc1. The van der Waals surface area contributed by atoms with Crippen molar-refractivity contribution in [3.63, 3.8) is 0 Å². The van der Waals surface area contributed by atoms with Crippen LogP contribution in [0, 0.1) is 0 Å². The van der Waals surface area contributed by atoms with Gasteiger partial charge in [-0.25, -0.2) is 4.98 Å². The Morgan fingerprint density at radius 2 is 1.81 bits per heavy atom. The molecule has 0 fully saturated rings. The van der Waals surface area contributed by atoms with E-state index in [0.717, 1.165) is 16.7 Å². The van der Waals surface area contributed by atoms with Crippen molar-refractivity contribution in [1.82, 2.24) is 14.9 Å². The molecule has 0 radical (unpaired) electrons. The summed E-state index contributed by atoms with van der Waals surface area (Å²) in [7, 11) is 0. The predicted octanol–water partition coefficient (Wildman–Crippen LogP) is 5.25. The zero-order valence-corrected chi connectivity index (χ0v) is 19.0. The number of benzene rings is 2. The third kappa shape index (κ3) is 4.72. The molecule has 4 rings (SSSR count). The molecule has 2 aromatic heterocycles. The molecule has 0 aliphatic heterocycles. The third-order valence-electron chi connectivity index (χ3n) is 5.33. The fraction of sp³-hybridized carbons (Fsp3) is 0.250. The molecule has 4 aromatic rings. The average Bonchev–Trinajstić information content (AvgIpc) is 3.18. The number of thiophene rings is 1. The Bertz CT molecular complexity index is 1240. The first-order valence-electron chi connectivity index (χ1n) is 10.2. The highest BCUT2D eigenvalue weighted by Gasteiger charge is 2.19. The lowest BCUT2D eigenvalue weighted by atomic mass is 10.1. The van der Waals surface area contributed by atoms with Crippen LogP contribution in [0.5, 0.6) is 0 Å². The molecule has 1 atom stereocenters. The maximum atomic E-state index is 13.0. The molecular weight excluding hydrogens is 430 g/mol. The van der Waals surface area contributed by atoms with Gasteiger partial charge in [0.2, 0.25) is 0 Å². The number of H-pyrrole nitrogens is 1. The van der Waals surface area contributed by atoms with Gasteiger partial charge in [-0.3, -0.25) is 9.69 Å². The summed E-state index contributed by atoms with van der Waals surface area (Å²) in [5.74, 6) is 0.582. The summed E-state index contributed by atoms with van der Waals surface area (Å²) in [6.45, 7) is 5.01. The monoisotopic (exact) mass is 453 g/mol. The van der Waals surface area contributed by atoms with Crippen molar-refractivity contribution < 1.29 is 5.11 Å². The van der Waals surface area contributed by atoms with Gasteiger partial charge in [-0.1, -0.05) is 60.1 Å². The second-order valence-electron chi connectivity index (χ2n) is 7.77. The topological polar surface area (TPSA) is 69.2 Å². The summed E-state index contributed by atoms with van der Waals surface area (Å²) in [5, 5.41) is 13.7. The average molecular weight is 454 g/mol. The highest BCUT2D eigenvalue weighted by molar-refractivity contribution is 7.17. The van der Waals surface area contributed by atoms with E-state index in [0.29, 0.717) is 34.2 Å². The number of aliphatic hydroxyl groups is 1. The zero-order chi connectivity index (χ0) is 22.0. The molecule has 160 valence electrons. The molecule has 0 spiro atoms. The Labute approximate surface area is 190 Å². The maximum Gasteiger partial charge on any atom is 0.260 e. The van der Waals surface area contributed by atoms with Crippen molar-refractivity contribution in [1.29, 1.82) is 0 Å². The number of aromatic nitrogens is 2. The van der Waals surface area contributed by atoms with Crippen molar-refractivity contribution in [2.75, 3.05) is 6.54 Å². The second kappa shape index (κ2) is 9.32. The Hall–Kier alpha value is -2.51. The molecule has 2 heterocycles. The van der Waals surface area contributed by atoms with E-state index in [1.165, 1.54) is 11.3 Å². The molecule has 31 heavy (non-hydrogen) atoms. The first-order chi connectivity index (χ1) is 14.9. The van der Waals surface area contributed by atoms with Gasteiger partial charge in [0.1, 0.15) is 10.7 Å². The molecule has 1 unspecified atom stereocenters. The fourth-order valence-electron chi connectivity index (χ4n) is 3.60. The lowest BCUT2D eigenvalue weighted by molar-refractivity contribution is 0.0891. The molecule has 0 aliphatic carbocycles. The van der Waals surface area contributed by atoms with Crippen LogP contribution in [-0.4, -0.2) is 32.6 Å². The van der Waals surface area contributed by atoms with Gasteiger partial charge in [-0.15, -0.1) is 11.3 Å². The lowest BCUT2D eigenvalue weighted by Crippen LogP contribution is -2.35. The largest absolute Gasteiger partial charge is 0.387 e. The van der Waals surface area contributed by atoms with Gasteiger partial charge >= 0.3 is 0 Å². The fourth-order valence-corrected chi connectivity index (χ4v) is 4.79. The summed E-state index contributed by atoms with van der Waals surface area (Å²) in [4.78, 5) is 23.4. The molecule has 7 heteroatoms. The van der Waals surface area contributed by atoms with E-state index in [-0.39, 0.29) is 11.6 Å². The number of hydrogen-bond acceptors (Lipinski definition) is 5. The summed E-state index contributed by atoms with van der Waals surface area (Å²) < 4.78 is 0. The van der Waals surface area contributed by atoms with Crippen molar-refractivity contribution in [3.05, 3.63) is 86.7 Å². The van der Waals surface area contributed by atoms with Crippen molar-refractivity contribution in [2.24, 2.45) is 0 Å². The smallest absolute Gasteiger partial charge is 0.260 e. The second-order valence-corrected chi connectivity index (χ2v) is 9.04. The Morgan fingerprint density at radius 1 is 1.10 bits per heavy atom. The van der Waals surface area contributed by atoms with Crippen LogP contribution in [0.4, 0.5) is 0 Å². The molecule has 0 saturated carbocycles. The summed E-state index contributed by atoms with van der Waals surface area (Å²) in [5.41, 5.74) is 2.31. The normalized spacial score (nSPS) is 12.7. The minimum Gasteiger partial charge on any atom is -0.387 e. The molecule has 5 nitrogen and oxygen atoms in total. The van der Waals surface area contributed by atoms with E-state index in [4.69, 9.17) is 16.6 Å². The van der Waals surface area contributed by atoms with Crippen LogP contribution in [0.2, 0.25) is 5.02 Å². The van der Waals surface area contributed by atoms with Gasteiger partial charge in [-0.2, -0.15) is 0 Å². The summed E-state index contributed by atoms with van der Waals surface area (Å²) >= 11 is 7.78. The molecule has 2 N–H and O–H groups in total. The summed E-state index contributed by atoms with van der Waals surface area (Å²) in [6, 6.07) is 17.2. The van der Waals surface area contributed by atoms with Gasteiger partial charge < -0.3 is 10.1 Å². The minimum absolute atomic E-state index is 0.168. The number of aliphatic hydroxyl groups excluding tert-OH is 1. The first-order valence-corrected chi connectivity index (χ1v) is 11.4. The minimum atomic E-state index is -0.618. The Balaban J connectivity index is 1.62. The van der Waals surface area contributed by atoms with Crippen LogP contribution in [0.1, 0.15) is 31.3 Å². The van der Waals surface area contributed by atoms with Crippen molar-refractivity contribution in [2.45, 2.75) is 32.5 Å². The van der Waals surface area contributed by atoms with E-state index < -0.39 is 6.10 Å². The predicted molar refractivity (Wildman–Crippen MR) is 128 cm³/mol. The van der Waals surface area contributed by atoms with Gasteiger partial charge in [0.15, 0.2) is 0 Å². The van der Waals surface area contributed by atoms with Gasteiger partial charge in [0.05, 0.1) is 18.0 Å². The van der Waals surface area contributed by atoms with Crippen LogP contribution in [0.15, 0.2) is 64.8 Å². The molecular formula is C24H24ClN3O2S. The number of fused-ring (bicyclic) bond motifs is 1. The first kappa shape index (κ1) is 21.7. The number of halogens is 1. The van der Waals surface area contributed by atoms with E-state index in [9.17, 15) is 9.90 Å². The van der Waals surface area contributed by atoms with Crippen molar-refractivity contribution in [3.8, 4) is 11.1 Å². The molecule has 0 bridgehead atoms. The van der Waals surface area contributed by atoms with Gasteiger partial charge in [-0.05, 0) is 25.5 Å². The molecule has 0 aliphatic rings. The van der Waals surface area contributed by atoms with E-state index in [1.54, 1.807) is 0 Å². The third-order valence-corrected chi connectivity index (χ3v) is 6.53. The van der Waals surface area contributed by atoms with Crippen LogP contribution >= 0.6 is 22.9 Å². The number of rotatable bonds is 7. The van der Waals surface area contributed by atoms with Gasteiger partial charge in [0.25, 0.3) is 5.56 Å². The Morgan fingerprint density at radius 3 is 2.52 bits per heavy atom. The molecule has 0 saturated heterocycles. The van der Waals surface area contributed by atoms with Crippen molar-refractivity contribution >= 4 is 33.2 Å². The highest BCUT2D eigenvalue weighted by Crippen LogP contribution is 2.34. The van der Waals surface area contributed by atoms with Crippen LogP contribution in [0.3, 0.4) is 0 Å². The highest BCUT2D eigenvalue weighted by atomic mass is 35.5. The maximum absolute atomic E-state index is 13.0. The number of hydrogen-bond donors (Lipinski definition) is 2. The van der Waals surface area contributed by atoms with E-state index in [2.05, 4.69) is 23.7 Å². The number of nitrogens with zero attached hydrogens (tertiary/aromatic N) is 2. The molecule has 0 amide bonds. The lowest BCUT2D eigenvalue weighted by Gasteiger charge is -2.28. The molecule has 2 aromatic carbocycles. The van der Waals surface area contributed by atoms with E-state index >= 15 is 0 Å². The standard InChI is InChI=1S/C24H24ClN3O2S/c1-15(2)28(12-20(29)16-8-4-3-5-9-16)13-21-26-23(30)22-18(14-31-24(22)27-21)17-10-6-7-11-19(17)25/h3-11,14-15,20,29H,12-13H2,1-2H3,(H,26,27,30). The number of nitrogens with one attached hydrogen (secondary N) is 1. The number of aromatic amines is 1. The Kier molecular flexibility index (Phi) is 6.53. The summed E-state index contributed by atoms with van der Waals surface area (Å²) in [6.07, 6.45) is -0.618. The zero-order valence-electron chi connectivity index (χ0n) is 17.4.